The highest BCUT2D eigenvalue weighted by molar-refractivity contribution is 7.12. The second kappa shape index (κ2) is 6.90. The summed E-state index contributed by atoms with van der Waals surface area (Å²) in [7, 11) is 0. The topological polar surface area (TPSA) is 20.3 Å². The second-order valence-corrected chi connectivity index (χ2v) is 5.15. The summed E-state index contributed by atoms with van der Waals surface area (Å²) in [6, 6.07) is 14.0. The summed E-state index contributed by atoms with van der Waals surface area (Å²) in [5.41, 5.74) is 1.25. The van der Waals surface area contributed by atoms with Crippen LogP contribution in [0, 0.1) is 0 Å². The van der Waals surface area contributed by atoms with Gasteiger partial charge in [-0.1, -0.05) is 36.4 Å². The van der Waals surface area contributed by atoms with E-state index >= 15 is 0 Å². The van der Waals surface area contributed by atoms with Crippen molar-refractivity contribution in [3.63, 3.8) is 0 Å². The average Bonchev–Trinajstić information content (AvgIpc) is 2.98. The number of carbonyl (C=O) groups is 1. The Balaban J connectivity index is 1.97. The fraction of sp³-hybridized carbons (Fsp3) is 0.188. The van der Waals surface area contributed by atoms with E-state index in [2.05, 4.69) is 24.0 Å². The minimum Gasteiger partial charge on any atom is -0.373 e. The molecule has 0 radical (unpaired) electrons. The van der Waals surface area contributed by atoms with E-state index in [0.717, 1.165) is 18.0 Å². The van der Waals surface area contributed by atoms with Gasteiger partial charge < -0.3 is 4.90 Å². The Kier molecular flexibility index (Phi) is 4.93. The Morgan fingerprint density at radius 3 is 2.63 bits per heavy atom. The van der Waals surface area contributed by atoms with Crippen molar-refractivity contribution in [1.82, 2.24) is 4.90 Å². The van der Waals surface area contributed by atoms with Crippen LogP contribution in [-0.4, -0.2) is 17.2 Å². The van der Waals surface area contributed by atoms with E-state index in [-0.39, 0.29) is 5.78 Å². The van der Waals surface area contributed by atoms with Gasteiger partial charge in [-0.15, -0.1) is 11.3 Å². The van der Waals surface area contributed by atoms with Gasteiger partial charge in [0.05, 0.1) is 4.88 Å². The third-order valence-corrected chi connectivity index (χ3v) is 3.72. The van der Waals surface area contributed by atoms with Crippen LogP contribution < -0.4 is 0 Å². The van der Waals surface area contributed by atoms with Crippen molar-refractivity contribution in [3.8, 4) is 0 Å². The van der Waals surface area contributed by atoms with E-state index in [1.807, 2.05) is 41.9 Å². The summed E-state index contributed by atoms with van der Waals surface area (Å²) >= 11 is 1.47. The molecule has 0 amide bonds. The number of rotatable bonds is 6. The number of ketones is 1. The lowest BCUT2D eigenvalue weighted by Crippen LogP contribution is -2.16. The molecular formula is C16H17NOS. The molecule has 1 aromatic carbocycles. The minimum absolute atomic E-state index is 0.0708. The van der Waals surface area contributed by atoms with E-state index in [9.17, 15) is 4.79 Å². The molecule has 0 unspecified atom stereocenters. The van der Waals surface area contributed by atoms with Gasteiger partial charge in [-0.3, -0.25) is 4.79 Å². The van der Waals surface area contributed by atoms with Crippen molar-refractivity contribution in [1.29, 1.82) is 0 Å². The first-order chi connectivity index (χ1) is 9.29. The van der Waals surface area contributed by atoms with E-state index in [1.54, 1.807) is 6.08 Å². The predicted octanol–water partition coefficient (Wildman–Crippen LogP) is 3.97. The zero-order valence-electron chi connectivity index (χ0n) is 11.0. The van der Waals surface area contributed by atoms with E-state index in [1.165, 1.54) is 16.9 Å². The molecule has 2 rings (SSSR count). The largest absolute Gasteiger partial charge is 0.373 e. The van der Waals surface area contributed by atoms with Gasteiger partial charge in [-0.25, -0.2) is 0 Å². The summed E-state index contributed by atoms with van der Waals surface area (Å²) in [5, 5.41) is 1.92. The van der Waals surface area contributed by atoms with Crippen molar-refractivity contribution < 1.29 is 4.79 Å². The molecular weight excluding hydrogens is 254 g/mol. The molecule has 19 heavy (non-hydrogen) atoms. The predicted molar refractivity (Wildman–Crippen MR) is 80.3 cm³/mol. The van der Waals surface area contributed by atoms with E-state index in [0.29, 0.717) is 0 Å². The molecule has 0 fully saturated rings. The number of nitrogens with zero attached hydrogens (tertiary/aromatic N) is 1. The highest BCUT2D eigenvalue weighted by atomic mass is 32.1. The van der Waals surface area contributed by atoms with Crippen molar-refractivity contribution >= 4 is 17.1 Å². The van der Waals surface area contributed by atoms with Gasteiger partial charge in [-0.05, 0) is 23.9 Å². The number of thiophene rings is 1. The second-order valence-electron chi connectivity index (χ2n) is 4.21. The first-order valence-electron chi connectivity index (χ1n) is 6.33. The van der Waals surface area contributed by atoms with Crippen molar-refractivity contribution in [2.24, 2.45) is 0 Å². The summed E-state index contributed by atoms with van der Waals surface area (Å²) in [5.74, 6) is 0.0708. The highest BCUT2D eigenvalue weighted by Crippen LogP contribution is 2.10. The van der Waals surface area contributed by atoms with Crippen LogP contribution in [0.25, 0.3) is 0 Å². The van der Waals surface area contributed by atoms with Gasteiger partial charge in [0.1, 0.15) is 0 Å². The lowest BCUT2D eigenvalue weighted by atomic mass is 10.2. The summed E-state index contributed by atoms with van der Waals surface area (Å²) in [4.78, 5) is 14.8. The Morgan fingerprint density at radius 1 is 1.21 bits per heavy atom. The smallest absolute Gasteiger partial charge is 0.197 e. The Bertz CT molecular complexity index is 531. The zero-order chi connectivity index (χ0) is 13.5. The maximum Gasteiger partial charge on any atom is 0.197 e. The zero-order valence-corrected chi connectivity index (χ0v) is 11.8. The first kappa shape index (κ1) is 13.6. The van der Waals surface area contributed by atoms with Gasteiger partial charge in [-0.2, -0.15) is 0 Å². The number of allylic oxidation sites excluding steroid dienone is 1. The average molecular weight is 271 g/mol. The molecule has 98 valence electrons. The van der Waals surface area contributed by atoms with E-state index in [4.69, 9.17) is 0 Å². The van der Waals surface area contributed by atoms with Gasteiger partial charge in [0.15, 0.2) is 5.78 Å². The fourth-order valence-electron chi connectivity index (χ4n) is 1.76. The molecule has 2 aromatic rings. The van der Waals surface area contributed by atoms with E-state index < -0.39 is 0 Å². The van der Waals surface area contributed by atoms with Crippen LogP contribution in [0.2, 0.25) is 0 Å². The molecule has 2 nitrogen and oxygen atoms in total. The van der Waals surface area contributed by atoms with Gasteiger partial charge in [0.2, 0.25) is 0 Å². The van der Waals surface area contributed by atoms with Gasteiger partial charge >= 0.3 is 0 Å². The quantitative estimate of drug-likeness (QED) is 0.585. The molecule has 3 heteroatoms. The minimum atomic E-state index is 0.0708. The van der Waals surface area contributed by atoms with Crippen LogP contribution >= 0.6 is 11.3 Å². The third kappa shape index (κ3) is 4.07. The summed E-state index contributed by atoms with van der Waals surface area (Å²) in [6.45, 7) is 3.79. The Hall–Kier alpha value is -1.87. The van der Waals surface area contributed by atoms with Crippen LogP contribution in [-0.2, 0) is 6.54 Å². The third-order valence-electron chi connectivity index (χ3n) is 2.84. The van der Waals surface area contributed by atoms with Crippen LogP contribution in [0.5, 0.6) is 0 Å². The van der Waals surface area contributed by atoms with Gasteiger partial charge in [0, 0.05) is 25.4 Å². The molecule has 0 aliphatic rings. The number of hydrogen-bond donors (Lipinski definition) is 0. The molecule has 0 saturated heterocycles. The molecule has 0 aliphatic carbocycles. The SMILES string of the molecule is CCN(/C=C/C(=O)c1cccs1)Cc1ccccc1. The molecule has 1 heterocycles. The normalized spacial score (nSPS) is 10.8. The molecule has 0 atom stereocenters. The fourth-order valence-corrected chi connectivity index (χ4v) is 2.41. The maximum atomic E-state index is 11.9. The van der Waals surface area contributed by atoms with Crippen LogP contribution in [0.1, 0.15) is 22.2 Å². The molecule has 0 saturated carbocycles. The highest BCUT2D eigenvalue weighted by Gasteiger charge is 2.03. The molecule has 0 bridgehead atoms. The molecule has 0 spiro atoms. The first-order valence-corrected chi connectivity index (χ1v) is 7.21. The maximum absolute atomic E-state index is 11.9. The lowest BCUT2D eigenvalue weighted by Gasteiger charge is -2.17. The number of hydrogen-bond acceptors (Lipinski definition) is 3. The lowest BCUT2D eigenvalue weighted by molar-refractivity contribution is 0.104. The summed E-state index contributed by atoms with van der Waals surface area (Å²) in [6.07, 6.45) is 3.54. The number of carbonyl (C=O) groups excluding carboxylic acids is 1. The number of benzene rings is 1. The molecule has 0 N–H and O–H groups in total. The van der Waals surface area contributed by atoms with Gasteiger partial charge in [0.25, 0.3) is 0 Å². The standard InChI is InChI=1S/C16H17NOS/c1-2-17(13-14-7-4-3-5-8-14)11-10-15(18)16-9-6-12-19-16/h3-12H,2,13H2,1H3/b11-10+. The van der Waals surface area contributed by atoms with Crippen molar-refractivity contribution in [2.45, 2.75) is 13.5 Å². The van der Waals surface area contributed by atoms with Crippen LogP contribution in [0.15, 0.2) is 60.1 Å². The van der Waals surface area contributed by atoms with Crippen molar-refractivity contribution in [3.05, 3.63) is 70.6 Å². The van der Waals surface area contributed by atoms with Crippen LogP contribution in [0.3, 0.4) is 0 Å². The Morgan fingerprint density at radius 2 is 2.00 bits per heavy atom. The monoisotopic (exact) mass is 271 g/mol. The summed E-state index contributed by atoms with van der Waals surface area (Å²) < 4.78 is 0. The van der Waals surface area contributed by atoms with Crippen molar-refractivity contribution in [2.75, 3.05) is 6.54 Å². The molecule has 0 aliphatic heterocycles. The molecule has 1 aromatic heterocycles. The van der Waals surface area contributed by atoms with Crippen LogP contribution in [0.4, 0.5) is 0 Å². The Labute approximate surface area is 118 Å².